The Morgan fingerprint density at radius 2 is 1.57 bits per heavy atom. The molecule has 0 aliphatic carbocycles. The third-order valence-electron chi connectivity index (χ3n) is 5.48. The number of oxime groups is 1. The monoisotopic (exact) mass is 394 g/mol. The molecule has 0 radical (unpaired) electrons. The number of hydrogen-bond donors (Lipinski definition) is 1. The Balaban J connectivity index is 1.62. The van der Waals surface area contributed by atoms with E-state index in [4.69, 9.17) is 4.84 Å². The third kappa shape index (κ3) is 2.75. The van der Waals surface area contributed by atoms with E-state index in [2.05, 4.69) is 10.5 Å². The third-order valence-corrected chi connectivity index (χ3v) is 5.48. The number of fused-ring (bicyclic) bond motifs is 2. The highest BCUT2D eigenvalue weighted by Crippen LogP contribution is 2.49. The summed E-state index contributed by atoms with van der Waals surface area (Å²) in [6, 6.07) is 25.9. The number of Topliss-reactive ketones (excluding diaryl/α,β-unsaturated/α-hetero) is 1. The molecule has 0 bridgehead atoms. The van der Waals surface area contributed by atoms with Crippen LogP contribution in [-0.4, -0.2) is 17.4 Å². The molecule has 5 heteroatoms. The van der Waals surface area contributed by atoms with Crippen molar-refractivity contribution in [1.29, 1.82) is 0 Å². The largest absolute Gasteiger partial charge is 0.373 e. The van der Waals surface area contributed by atoms with Crippen molar-refractivity contribution in [3.05, 3.63) is 108 Å². The molecule has 1 amide bonds. The molecule has 1 spiro atoms. The molecular formula is C25H18N2O3. The number of rotatable bonds is 4. The van der Waals surface area contributed by atoms with Gasteiger partial charge in [0.25, 0.3) is 11.5 Å². The second kappa shape index (κ2) is 7.12. The van der Waals surface area contributed by atoms with Gasteiger partial charge in [0.15, 0.2) is 5.78 Å². The predicted molar refractivity (Wildman–Crippen MR) is 115 cm³/mol. The van der Waals surface area contributed by atoms with Gasteiger partial charge in [0.2, 0.25) is 0 Å². The van der Waals surface area contributed by atoms with E-state index in [9.17, 15) is 9.59 Å². The molecule has 0 saturated carbocycles. The van der Waals surface area contributed by atoms with Gasteiger partial charge < -0.3 is 10.2 Å². The van der Waals surface area contributed by atoms with E-state index in [1.807, 2.05) is 54.6 Å². The number of para-hydroxylation sites is 1. The number of amides is 1. The second-order valence-corrected chi connectivity index (χ2v) is 7.25. The van der Waals surface area contributed by atoms with Gasteiger partial charge in [-0.3, -0.25) is 9.59 Å². The number of allylic oxidation sites excluding steroid dienone is 1. The van der Waals surface area contributed by atoms with Gasteiger partial charge in [-0.25, -0.2) is 0 Å². The van der Waals surface area contributed by atoms with Crippen LogP contribution in [0.15, 0.2) is 96.2 Å². The number of nitrogens with zero attached hydrogens (tertiary/aromatic N) is 1. The number of anilines is 1. The van der Waals surface area contributed by atoms with Crippen molar-refractivity contribution in [2.75, 3.05) is 5.32 Å². The molecule has 0 fully saturated rings. The summed E-state index contributed by atoms with van der Waals surface area (Å²) in [5.74, 6) is -1.50. The van der Waals surface area contributed by atoms with Gasteiger partial charge in [-0.05, 0) is 17.7 Å². The Bertz CT molecular complexity index is 1190. The van der Waals surface area contributed by atoms with Gasteiger partial charge in [-0.15, -0.1) is 0 Å². The van der Waals surface area contributed by atoms with Crippen molar-refractivity contribution < 1.29 is 14.4 Å². The lowest BCUT2D eigenvalue weighted by molar-refractivity contribution is -0.140. The van der Waals surface area contributed by atoms with Gasteiger partial charge in [0, 0.05) is 16.8 Å². The first-order valence-electron chi connectivity index (χ1n) is 9.69. The van der Waals surface area contributed by atoms with Crippen LogP contribution in [-0.2, 0) is 15.2 Å². The summed E-state index contributed by atoms with van der Waals surface area (Å²) < 4.78 is 0. The lowest BCUT2D eigenvalue weighted by atomic mass is 9.75. The summed E-state index contributed by atoms with van der Waals surface area (Å²) in [7, 11) is 0. The molecule has 5 rings (SSSR count). The molecule has 2 aliphatic rings. The Morgan fingerprint density at radius 3 is 2.33 bits per heavy atom. The van der Waals surface area contributed by atoms with E-state index in [0.717, 1.165) is 5.56 Å². The number of ketones is 1. The average molecular weight is 394 g/mol. The van der Waals surface area contributed by atoms with Crippen LogP contribution in [0.2, 0.25) is 0 Å². The summed E-state index contributed by atoms with van der Waals surface area (Å²) in [6.45, 7) is 0. The smallest absolute Gasteiger partial charge is 0.277 e. The SMILES string of the molecule is O=C(c1ccccc1)C1C(C=Cc2ccccc2)=NOC12C(=O)Nc1ccccc12. The fourth-order valence-corrected chi connectivity index (χ4v) is 4.03. The molecule has 146 valence electrons. The van der Waals surface area contributed by atoms with Crippen molar-refractivity contribution in [3.8, 4) is 0 Å². The zero-order valence-electron chi connectivity index (χ0n) is 16.0. The van der Waals surface area contributed by atoms with Crippen LogP contribution in [0.3, 0.4) is 0 Å². The van der Waals surface area contributed by atoms with Gasteiger partial charge >= 0.3 is 0 Å². The molecule has 3 aromatic rings. The van der Waals surface area contributed by atoms with Crippen LogP contribution in [0.5, 0.6) is 0 Å². The molecule has 2 aliphatic heterocycles. The van der Waals surface area contributed by atoms with Crippen LogP contribution < -0.4 is 5.32 Å². The molecule has 2 heterocycles. The zero-order chi connectivity index (χ0) is 20.6. The summed E-state index contributed by atoms with van der Waals surface area (Å²) in [5, 5.41) is 7.06. The van der Waals surface area contributed by atoms with Crippen LogP contribution in [0.25, 0.3) is 6.08 Å². The first-order valence-corrected chi connectivity index (χ1v) is 9.69. The first kappa shape index (κ1) is 18.1. The predicted octanol–water partition coefficient (Wildman–Crippen LogP) is 4.43. The summed E-state index contributed by atoms with van der Waals surface area (Å²) in [6.07, 6.45) is 3.62. The van der Waals surface area contributed by atoms with Crippen molar-refractivity contribution in [2.45, 2.75) is 5.60 Å². The Morgan fingerprint density at radius 1 is 0.900 bits per heavy atom. The summed E-state index contributed by atoms with van der Waals surface area (Å²) >= 11 is 0. The highest BCUT2D eigenvalue weighted by Gasteiger charge is 2.62. The standard InChI is InChI=1S/C25H18N2O3/c28-23(18-11-5-2-6-12-18)22-21(16-15-17-9-3-1-4-10-17)27-30-25(22)19-13-7-8-14-20(19)26-24(25)29/h1-16,22H,(H,26,29). The minimum atomic E-state index is -1.51. The summed E-state index contributed by atoms with van der Waals surface area (Å²) in [5.41, 5.74) is 1.63. The first-order chi connectivity index (χ1) is 14.7. The van der Waals surface area contributed by atoms with E-state index in [1.165, 1.54) is 0 Å². The summed E-state index contributed by atoms with van der Waals surface area (Å²) in [4.78, 5) is 32.5. The normalized spacial score (nSPS) is 21.9. The number of hydrogen-bond acceptors (Lipinski definition) is 4. The zero-order valence-corrected chi connectivity index (χ0v) is 16.0. The highest BCUT2D eigenvalue weighted by molar-refractivity contribution is 6.23. The van der Waals surface area contributed by atoms with Gasteiger partial charge in [-0.2, -0.15) is 0 Å². The van der Waals surface area contributed by atoms with Crippen molar-refractivity contribution in [2.24, 2.45) is 11.1 Å². The fraction of sp³-hybridized carbons (Fsp3) is 0.0800. The van der Waals surface area contributed by atoms with E-state index in [-0.39, 0.29) is 11.7 Å². The Kier molecular flexibility index (Phi) is 4.29. The molecular weight excluding hydrogens is 376 g/mol. The van der Waals surface area contributed by atoms with Crippen molar-refractivity contribution >= 4 is 29.2 Å². The van der Waals surface area contributed by atoms with Crippen molar-refractivity contribution in [1.82, 2.24) is 0 Å². The lowest BCUT2D eigenvalue weighted by Gasteiger charge is -2.26. The quantitative estimate of drug-likeness (QED) is 0.666. The fourth-order valence-electron chi connectivity index (χ4n) is 4.03. The average Bonchev–Trinajstić information content (AvgIpc) is 3.32. The highest BCUT2D eigenvalue weighted by atomic mass is 16.7. The molecule has 1 N–H and O–H groups in total. The van der Waals surface area contributed by atoms with E-state index >= 15 is 0 Å². The molecule has 2 atom stereocenters. The van der Waals surface area contributed by atoms with Gasteiger partial charge in [0.1, 0.15) is 5.92 Å². The molecule has 5 nitrogen and oxygen atoms in total. The van der Waals surface area contributed by atoms with Crippen LogP contribution in [0.1, 0.15) is 21.5 Å². The topological polar surface area (TPSA) is 67.8 Å². The molecule has 0 aromatic heterocycles. The maximum Gasteiger partial charge on any atom is 0.277 e. The molecule has 30 heavy (non-hydrogen) atoms. The maximum absolute atomic E-state index is 13.6. The maximum atomic E-state index is 13.6. The minimum absolute atomic E-state index is 0.212. The van der Waals surface area contributed by atoms with Crippen LogP contribution in [0.4, 0.5) is 5.69 Å². The molecule has 3 aromatic carbocycles. The molecule has 2 unspecified atom stereocenters. The van der Waals surface area contributed by atoms with E-state index in [1.54, 1.807) is 42.5 Å². The molecule has 0 saturated heterocycles. The van der Waals surface area contributed by atoms with Crippen molar-refractivity contribution in [3.63, 3.8) is 0 Å². The minimum Gasteiger partial charge on any atom is -0.373 e. The van der Waals surface area contributed by atoms with E-state index in [0.29, 0.717) is 22.5 Å². The van der Waals surface area contributed by atoms with Gasteiger partial charge in [0.05, 0.1) is 5.71 Å². The number of nitrogens with one attached hydrogen (secondary N) is 1. The Labute approximate surface area is 173 Å². The van der Waals surface area contributed by atoms with Crippen LogP contribution >= 0.6 is 0 Å². The van der Waals surface area contributed by atoms with Crippen LogP contribution in [0, 0.1) is 5.92 Å². The van der Waals surface area contributed by atoms with Gasteiger partial charge in [-0.1, -0.05) is 90.1 Å². The lowest BCUT2D eigenvalue weighted by Crippen LogP contribution is -2.46. The Hall–Kier alpha value is -3.99. The number of carbonyl (C=O) groups excluding carboxylic acids is 2. The number of carbonyl (C=O) groups is 2. The van der Waals surface area contributed by atoms with E-state index < -0.39 is 11.5 Å². The second-order valence-electron chi connectivity index (χ2n) is 7.25. The number of benzene rings is 3.